The van der Waals surface area contributed by atoms with Gasteiger partial charge in [-0.15, -0.1) is 0 Å². The van der Waals surface area contributed by atoms with Gasteiger partial charge in [0.25, 0.3) is 0 Å². The number of carbonyl (C=O) groups excluding carboxylic acids is 1. The van der Waals surface area contributed by atoms with Crippen LogP contribution in [0.3, 0.4) is 0 Å². The molecule has 36 heavy (non-hydrogen) atoms. The van der Waals surface area contributed by atoms with Crippen molar-refractivity contribution >= 4 is 5.91 Å². The molecule has 0 radical (unpaired) electrons. The average molecular weight is 506 g/mol. The Labute approximate surface area is 209 Å². The molecule has 2 saturated heterocycles. The van der Waals surface area contributed by atoms with E-state index in [0.717, 1.165) is 44.3 Å². The predicted molar refractivity (Wildman–Crippen MR) is 128 cm³/mol. The summed E-state index contributed by atoms with van der Waals surface area (Å²) in [5, 5.41) is 18.0. The van der Waals surface area contributed by atoms with E-state index in [1.54, 1.807) is 0 Å². The number of aliphatic hydroxyl groups is 1. The van der Waals surface area contributed by atoms with Gasteiger partial charge >= 0.3 is 6.18 Å². The summed E-state index contributed by atoms with van der Waals surface area (Å²) in [7, 11) is 0. The SMILES string of the molecule is O=C(C1CCN(CC(O)Cn2nc(C(F)(F)F)c3c2CCNC3c2ccccc2)CC1)N1CCCC1. The molecule has 2 unspecified atom stereocenters. The number of nitrogens with zero attached hydrogens (tertiary/aromatic N) is 4. The fraction of sp³-hybridized carbons (Fsp3) is 0.615. The van der Waals surface area contributed by atoms with Crippen LogP contribution in [0.5, 0.6) is 0 Å². The van der Waals surface area contributed by atoms with Crippen LogP contribution in [0.15, 0.2) is 30.3 Å². The van der Waals surface area contributed by atoms with Gasteiger partial charge < -0.3 is 20.2 Å². The highest BCUT2D eigenvalue weighted by atomic mass is 19.4. The van der Waals surface area contributed by atoms with Crippen LogP contribution in [0, 0.1) is 5.92 Å². The van der Waals surface area contributed by atoms with Crippen molar-refractivity contribution in [2.24, 2.45) is 5.92 Å². The zero-order valence-corrected chi connectivity index (χ0v) is 20.4. The van der Waals surface area contributed by atoms with Crippen molar-refractivity contribution in [1.82, 2.24) is 24.9 Å². The minimum atomic E-state index is -4.59. The predicted octanol–water partition coefficient (Wildman–Crippen LogP) is 2.83. The number of halogens is 3. The summed E-state index contributed by atoms with van der Waals surface area (Å²) >= 11 is 0. The van der Waals surface area contributed by atoms with Gasteiger partial charge in [0, 0.05) is 49.8 Å². The third-order valence-corrected chi connectivity index (χ3v) is 7.71. The van der Waals surface area contributed by atoms with Crippen LogP contribution in [-0.4, -0.2) is 76.0 Å². The molecule has 2 aromatic rings. The third-order valence-electron chi connectivity index (χ3n) is 7.71. The number of aliphatic hydroxyl groups excluding tert-OH is 1. The fourth-order valence-electron chi connectivity index (χ4n) is 5.92. The number of benzene rings is 1. The second-order valence-corrected chi connectivity index (χ2v) is 10.2. The summed E-state index contributed by atoms with van der Waals surface area (Å²) in [6, 6.07) is 8.50. The number of alkyl halides is 3. The largest absolute Gasteiger partial charge is 0.435 e. The summed E-state index contributed by atoms with van der Waals surface area (Å²) in [6.45, 7) is 4.00. The smallest absolute Gasteiger partial charge is 0.390 e. The van der Waals surface area contributed by atoms with Crippen molar-refractivity contribution in [1.29, 1.82) is 0 Å². The van der Waals surface area contributed by atoms with Crippen LogP contribution in [0.1, 0.15) is 54.2 Å². The Morgan fingerprint density at radius 2 is 1.78 bits per heavy atom. The summed E-state index contributed by atoms with van der Waals surface area (Å²) in [6.07, 6.45) is -1.37. The average Bonchev–Trinajstić information content (AvgIpc) is 3.53. The van der Waals surface area contributed by atoms with Crippen LogP contribution in [-0.2, 0) is 23.9 Å². The second-order valence-electron chi connectivity index (χ2n) is 10.2. The number of β-amino-alcohol motifs (C(OH)–C–C–N with tert-alkyl or cyclic N) is 1. The lowest BCUT2D eigenvalue weighted by molar-refractivity contribution is -0.142. The number of likely N-dealkylation sites (tertiary alicyclic amines) is 2. The Morgan fingerprint density at radius 3 is 2.44 bits per heavy atom. The quantitative estimate of drug-likeness (QED) is 0.632. The molecule has 3 aliphatic rings. The van der Waals surface area contributed by atoms with Crippen molar-refractivity contribution < 1.29 is 23.1 Å². The Balaban J connectivity index is 1.26. The van der Waals surface area contributed by atoms with Gasteiger partial charge in [0.1, 0.15) is 0 Å². The highest BCUT2D eigenvalue weighted by molar-refractivity contribution is 5.79. The number of rotatable bonds is 6. The zero-order valence-electron chi connectivity index (χ0n) is 20.4. The van der Waals surface area contributed by atoms with Crippen molar-refractivity contribution in [2.45, 2.75) is 57.0 Å². The molecule has 0 bridgehead atoms. The first-order chi connectivity index (χ1) is 17.3. The Morgan fingerprint density at radius 1 is 1.08 bits per heavy atom. The third kappa shape index (κ3) is 5.31. The van der Waals surface area contributed by atoms with Crippen LogP contribution in [0.2, 0.25) is 0 Å². The molecule has 1 amide bonds. The van der Waals surface area contributed by atoms with E-state index in [9.17, 15) is 23.1 Å². The Bertz CT molecular complexity index is 1040. The molecule has 2 atom stereocenters. The molecule has 2 N–H and O–H groups in total. The number of carbonyl (C=O) groups is 1. The summed E-state index contributed by atoms with van der Waals surface area (Å²) < 4.78 is 43.4. The second kappa shape index (κ2) is 10.5. The topological polar surface area (TPSA) is 73.6 Å². The van der Waals surface area contributed by atoms with E-state index in [1.807, 2.05) is 35.2 Å². The zero-order chi connectivity index (χ0) is 25.3. The minimum Gasteiger partial charge on any atom is -0.390 e. The van der Waals surface area contributed by atoms with Gasteiger partial charge in [0.15, 0.2) is 5.69 Å². The monoisotopic (exact) mass is 505 g/mol. The normalized spacial score (nSPS) is 22.6. The van der Waals surface area contributed by atoms with E-state index < -0.39 is 24.0 Å². The Kier molecular flexibility index (Phi) is 7.37. The first kappa shape index (κ1) is 25.2. The molecular weight excluding hydrogens is 471 g/mol. The van der Waals surface area contributed by atoms with E-state index in [2.05, 4.69) is 15.3 Å². The first-order valence-electron chi connectivity index (χ1n) is 13.0. The fourth-order valence-corrected chi connectivity index (χ4v) is 5.92. The van der Waals surface area contributed by atoms with E-state index in [0.29, 0.717) is 38.3 Å². The summed E-state index contributed by atoms with van der Waals surface area (Å²) in [4.78, 5) is 16.7. The van der Waals surface area contributed by atoms with Gasteiger partial charge in [0.2, 0.25) is 5.91 Å². The number of piperidine rings is 1. The number of hydrogen-bond donors (Lipinski definition) is 2. The molecule has 1 aromatic carbocycles. The standard InChI is InChI=1S/C26H34F3N5O2/c27-26(28,29)24-22-21(8-11-30-23(22)18-6-2-1-3-7-18)34(31-24)17-20(35)16-32-14-9-19(10-15-32)25(36)33-12-4-5-13-33/h1-3,6-7,19-20,23,30,35H,4-5,8-17H2. The van der Waals surface area contributed by atoms with Crippen LogP contribution >= 0.6 is 0 Å². The molecule has 7 nitrogen and oxygen atoms in total. The van der Waals surface area contributed by atoms with Gasteiger partial charge in [0.05, 0.1) is 18.7 Å². The number of amides is 1. The highest BCUT2D eigenvalue weighted by Crippen LogP contribution is 2.39. The van der Waals surface area contributed by atoms with Crippen molar-refractivity contribution in [3.8, 4) is 0 Å². The van der Waals surface area contributed by atoms with Crippen LogP contribution in [0.4, 0.5) is 13.2 Å². The summed E-state index contributed by atoms with van der Waals surface area (Å²) in [5.74, 6) is 0.281. The molecule has 2 fully saturated rings. The minimum absolute atomic E-state index is 0.00651. The number of hydrogen-bond acceptors (Lipinski definition) is 5. The lowest BCUT2D eigenvalue weighted by Crippen LogP contribution is -2.44. The highest BCUT2D eigenvalue weighted by Gasteiger charge is 2.43. The summed E-state index contributed by atoms with van der Waals surface area (Å²) in [5.41, 5.74) is 0.569. The maximum absolute atomic E-state index is 14.0. The van der Waals surface area contributed by atoms with Crippen molar-refractivity contribution in [3.63, 3.8) is 0 Å². The lowest BCUT2D eigenvalue weighted by atomic mass is 9.92. The van der Waals surface area contributed by atoms with Gasteiger partial charge in [-0.3, -0.25) is 9.48 Å². The Hall–Kier alpha value is -2.43. The van der Waals surface area contributed by atoms with E-state index in [-0.39, 0.29) is 23.9 Å². The van der Waals surface area contributed by atoms with E-state index in [4.69, 9.17) is 0 Å². The molecule has 5 rings (SSSR count). The molecule has 1 aromatic heterocycles. The van der Waals surface area contributed by atoms with E-state index >= 15 is 0 Å². The molecule has 3 aliphatic heterocycles. The van der Waals surface area contributed by atoms with Crippen LogP contribution < -0.4 is 5.32 Å². The number of aromatic nitrogens is 2. The number of nitrogens with one attached hydrogen (secondary N) is 1. The molecule has 196 valence electrons. The molecule has 4 heterocycles. The van der Waals surface area contributed by atoms with Crippen LogP contribution in [0.25, 0.3) is 0 Å². The molecule has 0 aliphatic carbocycles. The lowest BCUT2D eigenvalue weighted by Gasteiger charge is -2.34. The molecule has 0 spiro atoms. The van der Waals surface area contributed by atoms with Gasteiger partial charge in [-0.25, -0.2) is 0 Å². The van der Waals surface area contributed by atoms with Gasteiger partial charge in [-0.05, 0) is 44.3 Å². The molecule has 10 heteroatoms. The first-order valence-corrected chi connectivity index (χ1v) is 13.0. The maximum atomic E-state index is 14.0. The molecular formula is C26H34F3N5O2. The number of fused-ring (bicyclic) bond motifs is 1. The van der Waals surface area contributed by atoms with Gasteiger partial charge in [-0.1, -0.05) is 30.3 Å². The van der Waals surface area contributed by atoms with E-state index in [1.165, 1.54) is 4.68 Å². The molecule has 0 saturated carbocycles. The maximum Gasteiger partial charge on any atom is 0.435 e. The van der Waals surface area contributed by atoms with Crippen molar-refractivity contribution in [2.75, 3.05) is 39.3 Å². The van der Waals surface area contributed by atoms with Gasteiger partial charge in [-0.2, -0.15) is 18.3 Å². The van der Waals surface area contributed by atoms with Crippen molar-refractivity contribution in [3.05, 3.63) is 52.8 Å².